The van der Waals surface area contributed by atoms with Gasteiger partial charge >= 0.3 is 0 Å². The van der Waals surface area contributed by atoms with Gasteiger partial charge in [0.25, 0.3) is 11.5 Å². The summed E-state index contributed by atoms with van der Waals surface area (Å²) >= 11 is 0. The molecule has 9 nitrogen and oxygen atoms in total. The zero-order valence-electron chi connectivity index (χ0n) is 17.4. The molecule has 1 fully saturated rings. The lowest BCUT2D eigenvalue weighted by Gasteiger charge is -2.32. The number of ether oxygens (including phenoxy) is 2. The van der Waals surface area contributed by atoms with Gasteiger partial charge in [-0.05, 0) is 13.3 Å². The highest BCUT2D eigenvalue weighted by Gasteiger charge is 2.74. The molecule has 1 saturated heterocycles. The van der Waals surface area contributed by atoms with Crippen molar-refractivity contribution in [1.82, 2.24) is 5.32 Å². The van der Waals surface area contributed by atoms with Crippen LogP contribution in [0.25, 0.3) is 0 Å². The molecule has 1 aromatic carbocycles. The molecule has 0 unspecified atom stereocenters. The number of rotatable bonds is 7. The highest BCUT2D eigenvalue weighted by atomic mass is 16.6. The number of aliphatic hydroxyl groups is 3. The second kappa shape index (κ2) is 8.35. The van der Waals surface area contributed by atoms with Crippen LogP contribution in [0.2, 0.25) is 0 Å². The summed E-state index contributed by atoms with van der Waals surface area (Å²) in [6, 6.07) is 7.82. The number of carbonyl (C=O) groups excluding carboxylic acids is 3. The number of ketones is 2. The summed E-state index contributed by atoms with van der Waals surface area (Å²) in [7, 11) is 1.11. The van der Waals surface area contributed by atoms with Crippen LogP contribution in [-0.4, -0.2) is 69.5 Å². The SMILES string of the molecule is CCC=C[C@H](O)[C@H](O)C1=C(C)C(=O)[C@]2(O1)C(=O)N[C@](OC)(C(=O)c1ccccc1)[C@@H]2O. The topological polar surface area (TPSA) is 142 Å². The van der Waals surface area contributed by atoms with Gasteiger partial charge in [0.05, 0.1) is 0 Å². The minimum atomic E-state index is -2.53. The Kier molecular flexibility index (Phi) is 6.15. The van der Waals surface area contributed by atoms with Crippen molar-refractivity contribution in [3.63, 3.8) is 0 Å². The van der Waals surface area contributed by atoms with Crippen LogP contribution in [0.3, 0.4) is 0 Å². The lowest BCUT2D eigenvalue weighted by Crippen LogP contribution is -2.60. The molecule has 166 valence electrons. The van der Waals surface area contributed by atoms with Gasteiger partial charge in [0.1, 0.15) is 18.0 Å². The number of allylic oxidation sites excluding steroid dienone is 1. The quantitative estimate of drug-likeness (QED) is 0.269. The van der Waals surface area contributed by atoms with Gasteiger partial charge in [0.2, 0.25) is 17.3 Å². The van der Waals surface area contributed by atoms with E-state index in [-0.39, 0.29) is 16.9 Å². The molecule has 2 aliphatic heterocycles. The van der Waals surface area contributed by atoms with Crippen LogP contribution in [-0.2, 0) is 19.1 Å². The van der Waals surface area contributed by atoms with E-state index in [2.05, 4.69) is 5.32 Å². The first kappa shape index (κ1) is 22.8. The number of nitrogens with one attached hydrogen (secondary N) is 1. The van der Waals surface area contributed by atoms with Gasteiger partial charge in [-0.1, -0.05) is 49.4 Å². The van der Waals surface area contributed by atoms with Crippen LogP contribution in [0, 0.1) is 0 Å². The van der Waals surface area contributed by atoms with Crippen LogP contribution < -0.4 is 5.32 Å². The third-order valence-corrected chi connectivity index (χ3v) is 5.58. The van der Waals surface area contributed by atoms with Crippen LogP contribution in [0.15, 0.2) is 53.8 Å². The fourth-order valence-corrected chi connectivity index (χ4v) is 3.81. The number of benzene rings is 1. The van der Waals surface area contributed by atoms with Crippen LogP contribution in [0.1, 0.15) is 30.6 Å². The highest BCUT2D eigenvalue weighted by Crippen LogP contribution is 2.44. The molecule has 3 rings (SSSR count). The summed E-state index contributed by atoms with van der Waals surface area (Å²) in [5.41, 5.74) is -4.83. The molecule has 4 N–H and O–H groups in total. The Labute approximate surface area is 179 Å². The van der Waals surface area contributed by atoms with E-state index in [4.69, 9.17) is 9.47 Å². The predicted molar refractivity (Wildman–Crippen MR) is 108 cm³/mol. The van der Waals surface area contributed by atoms with Crippen molar-refractivity contribution >= 4 is 17.5 Å². The van der Waals surface area contributed by atoms with Crippen LogP contribution >= 0.6 is 0 Å². The second-order valence-electron chi connectivity index (χ2n) is 7.42. The molecule has 5 atom stereocenters. The number of methoxy groups -OCH3 is 1. The van der Waals surface area contributed by atoms with Gasteiger partial charge in [-0.15, -0.1) is 0 Å². The molecule has 1 aromatic rings. The van der Waals surface area contributed by atoms with E-state index >= 15 is 0 Å². The Hall–Kier alpha value is -2.85. The normalized spacial score (nSPS) is 30.1. The third kappa shape index (κ3) is 3.30. The summed E-state index contributed by atoms with van der Waals surface area (Å²) in [6.07, 6.45) is -1.60. The standard InChI is InChI=1S/C22H25NO8/c1-4-5-11-14(24)15(25)16-12(2)17(26)21(31-16)19(28)22(30-3,23-20(21)29)18(27)13-9-7-6-8-10-13/h5-11,14-15,19,24-25,28H,4H2,1-3H3,(H,23,29)/t14-,15-,19+,21+,22-/m0/s1. The number of aliphatic hydroxyl groups excluding tert-OH is 3. The van der Waals surface area contributed by atoms with Crippen LogP contribution in [0.5, 0.6) is 0 Å². The van der Waals surface area contributed by atoms with Gasteiger partial charge in [-0.2, -0.15) is 0 Å². The molecule has 31 heavy (non-hydrogen) atoms. The molecule has 9 heteroatoms. The number of amides is 1. The molecule has 2 heterocycles. The molecule has 0 aliphatic carbocycles. The van der Waals surface area contributed by atoms with E-state index in [1.54, 1.807) is 24.3 Å². The molecule has 0 radical (unpaired) electrons. The molecule has 1 spiro atoms. The molecular formula is C22H25NO8. The Morgan fingerprint density at radius 2 is 1.94 bits per heavy atom. The lowest BCUT2D eigenvalue weighted by atomic mass is 9.85. The van der Waals surface area contributed by atoms with E-state index in [1.165, 1.54) is 25.1 Å². The summed E-state index contributed by atoms with van der Waals surface area (Å²) in [6.45, 7) is 3.13. The van der Waals surface area contributed by atoms with E-state index in [9.17, 15) is 29.7 Å². The predicted octanol–water partition coefficient (Wildman–Crippen LogP) is 0.00280. The van der Waals surface area contributed by atoms with Crippen molar-refractivity contribution in [1.29, 1.82) is 0 Å². The fraction of sp³-hybridized carbons (Fsp3) is 0.409. The summed E-state index contributed by atoms with van der Waals surface area (Å²) in [4.78, 5) is 39.2. The third-order valence-electron chi connectivity index (χ3n) is 5.58. The van der Waals surface area contributed by atoms with E-state index in [0.29, 0.717) is 6.42 Å². The molecular weight excluding hydrogens is 406 g/mol. The average molecular weight is 431 g/mol. The Morgan fingerprint density at radius 3 is 2.52 bits per heavy atom. The second-order valence-corrected chi connectivity index (χ2v) is 7.42. The maximum absolute atomic E-state index is 13.1. The van der Waals surface area contributed by atoms with Gasteiger partial charge in [-0.25, -0.2) is 0 Å². The number of hydrogen-bond acceptors (Lipinski definition) is 8. The zero-order valence-corrected chi connectivity index (χ0v) is 17.4. The van der Waals surface area contributed by atoms with Gasteiger partial charge < -0.3 is 30.1 Å². The first-order valence-electron chi connectivity index (χ1n) is 9.80. The smallest absolute Gasteiger partial charge is 0.278 e. The average Bonchev–Trinajstić information content (AvgIpc) is 3.18. The zero-order chi connectivity index (χ0) is 23.0. The molecule has 0 bridgehead atoms. The summed E-state index contributed by atoms with van der Waals surface area (Å²) < 4.78 is 10.8. The van der Waals surface area contributed by atoms with Crippen molar-refractivity contribution in [2.45, 2.75) is 49.9 Å². The van der Waals surface area contributed by atoms with Gasteiger partial charge in [0.15, 0.2) is 6.10 Å². The first-order chi connectivity index (χ1) is 14.7. The molecule has 0 aromatic heterocycles. The largest absolute Gasteiger partial charge is 0.467 e. The van der Waals surface area contributed by atoms with Crippen molar-refractivity contribution < 1.29 is 39.2 Å². The molecule has 2 aliphatic rings. The lowest BCUT2D eigenvalue weighted by molar-refractivity contribution is -0.163. The van der Waals surface area contributed by atoms with E-state index < -0.39 is 47.1 Å². The summed E-state index contributed by atoms with van der Waals surface area (Å²) in [5.74, 6) is -3.15. The van der Waals surface area contributed by atoms with Gasteiger partial charge in [-0.3, -0.25) is 14.4 Å². The monoisotopic (exact) mass is 431 g/mol. The maximum Gasteiger partial charge on any atom is 0.278 e. The van der Waals surface area contributed by atoms with Gasteiger partial charge in [0, 0.05) is 18.2 Å². The Balaban J connectivity index is 1.99. The van der Waals surface area contributed by atoms with Crippen molar-refractivity contribution in [3.8, 4) is 0 Å². The summed E-state index contributed by atoms with van der Waals surface area (Å²) in [5, 5.41) is 34.0. The van der Waals surface area contributed by atoms with Crippen molar-refractivity contribution in [3.05, 3.63) is 59.4 Å². The number of Topliss-reactive ketones (excluding diaryl/α,β-unsaturated/α-hetero) is 2. The number of carbonyl (C=O) groups is 3. The first-order valence-corrected chi connectivity index (χ1v) is 9.80. The Morgan fingerprint density at radius 1 is 1.29 bits per heavy atom. The minimum absolute atomic E-state index is 0.135. The molecule has 0 saturated carbocycles. The highest BCUT2D eigenvalue weighted by molar-refractivity contribution is 6.23. The maximum atomic E-state index is 13.1. The minimum Gasteiger partial charge on any atom is -0.467 e. The Bertz CT molecular complexity index is 956. The van der Waals surface area contributed by atoms with E-state index in [1.807, 2.05) is 6.92 Å². The van der Waals surface area contributed by atoms with Crippen molar-refractivity contribution in [2.75, 3.05) is 7.11 Å². The fourth-order valence-electron chi connectivity index (χ4n) is 3.81. The van der Waals surface area contributed by atoms with E-state index in [0.717, 1.165) is 7.11 Å². The molecule has 1 amide bonds. The van der Waals surface area contributed by atoms with Crippen LogP contribution in [0.4, 0.5) is 0 Å². The van der Waals surface area contributed by atoms with Crippen molar-refractivity contribution in [2.24, 2.45) is 0 Å². The number of hydrogen-bond donors (Lipinski definition) is 4.